The maximum atomic E-state index is 13.1. The van der Waals surface area contributed by atoms with Crippen LogP contribution >= 0.6 is 0 Å². The van der Waals surface area contributed by atoms with Crippen LogP contribution in [0.15, 0.2) is 48.5 Å². The number of amides is 1. The third-order valence-corrected chi connectivity index (χ3v) is 5.48. The molecule has 1 aliphatic rings. The van der Waals surface area contributed by atoms with Crippen molar-refractivity contribution in [3.8, 4) is 5.75 Å². The molecule has 0 radical (unpaired) electrons. The van der Waals surface area contributed by atoms with Crippen molar-refractivity contribution in [1.82, 2.24) is 9.80 Å². The Morgan fingerprint density at radius 3 is 2.46 bits per heavy atom. The first-order chi connectivity index (χ1) is 13.5. The number of piperazine rings is 1. The van der Waals surface area contributed by atoms with Crippen LogP contribution in [0.5, 0.6) is 5.75 Å². The molecule has 1 saturated heterocycles. The lowest BCUT2D eigenvalue weighted by atomic mass is 10.1. The number of carbonyl (C=O) groups excluding carboxylic acids is 1. The van der Waals surface area contributed by atoms with Gasteiger partial charge in [0.1, 0.15) is 11.6 Å². The predicted molar refractivity (Wildman–Crippen MR) is 109 cm³/mol. The summed E-state index contributed by atoms with van der Waals surface area (Å²) in [6.45, 7) is 5.78. The molecule has 0 bridgehead atoms. The van der Waals surface area contributed by atoms with E-state index in [1.165, 1.54) is 12.1 Å². The lowest BCUT2D eigenvalue weighted by Gasteiger charge is -2.37. The Hall–Kier alpha value is -2.60. The molecule has 0 aromatic heterocycles. The largest absolute Gasteiger partial charge is 0.497 e. The minimum absolute atomic E-state index is 0.0756. The molecular weight excluding hydrogens is 357 g/mol. The molecule has 2 aromatic rings. The van der Waals surface area contributed by atoms with Crippen LogP contribution in [0.25, 0.3) is 0 Å². The molecule has 1 aliphatic heterocycles. The summed E-state index contributed by atoms with van der Waals surface area (Å²) in [7, 11) is 3.48. The zero-order chi connectivity index (χ0) is 20.1. The van der Waals surface area contributed by atoms with E-state index in [-0.39, 0.29) is 17.8 Å². The van der Waals surface area contributed by atoms with Crippen molar-refractivity contribution in [1.29, 1.82) is 0 Å². The summed E-state index contributed by atoms with van der Waals surface area (Å²) < 4.78 is 18.4. The third kappa shape index (κ3) is 4.81. The summed E-state index contributed by atoms with van der Waals surface area (Å²) in [6.07, 6.45) is 0. The second-order valence-electron chi connectivity index (χ2n) is 7.20. The van der Waals surface area contributed by atoms with Gasteiger partial charge in [-0.15, -0.1) is 0 Å². The highest BCUT2D eigenvalue weighted by molar-refractivity contribution is 5.78. The molecule has 2 aromatic carbocycles. The number of likely N-dealkylation sites (N-methyl/N-ethyl adjacent to an activating group) is 1. The monoisotopic (exact) mass is 385 g/mol. The fourth-order valence-electron chi connectivity index (χ4n) is 3.46. The minimum atomic E-state index is -0.265. The first-order valence-corrected chi connectivity index (χ1v) is 9.60. The molecule has 1 atom stereocenters. The molecule has 1 amide bonds. The van der Waals surface area contributed by atoms with Gasteiger partial charge in [-0.05, 0) is 36.8 Å². The molecule has 150 valence electrons. The fourth-order valence-corrected chi connectivity index (χ4v) is 3.46. The van der Waals surface area contributed by atoms with Crippen LogP contribution in [-0.4, -0.2) is 62.6 Å². The van der Waals surface area contributed by atoms with E-state index in [1.807, 2.05) is 32.2 Å². The Labute approximate surface area is 166 Å². The quantitative estimate of drug-likeness (QED) is 0.765. The van der Waals surface area contributed by atoms with E-state index in [0.717, 1.165) is 43.2 Å². The molecule has 0 N–H and O–H groups in total. The van der Waals surface area contributed by atoms with Crippen molar-refractivity contribution >= 4 is 11.6 Å². The van der Waals surface area contributed by atoms with Gasteiger partial charge >= 0.3 is 0 Å². The van der Waals surface area contributed by atoms with Crippen LogP contribution in [0.4, 0.5) is 10.1 Å². The lowest BCUT2D eigenvalue weighted by Crippen LogP contribution is -2.50. The van der Waals surface area contributed by atoms with E-state index in [4.69, 9.17) is 4.74 Å². The van der Waals surface area contributed by atoms with Gasteiger partial charge in [0.15, 0.2) is 0 Å². The van der Waals surface area contributed by atoms with Gasteiger partial charge in [-0.25, -0.2) is 4.39 Å². The molecule has 28 heavy (non-hydrogen) atoms. The molecule has 0 spiro atoms. The zero-order valence-corrected chi connectivity index (χ0v) is 16.8. The molecule has 1 unspecified atom stereocenters. The summed E-state index contributed by atoms with van der Waals surface area (Å²) >= 11 is 0. The highest BCUT2D eigenvalue weighted by atomic mass is 19.1. The highest BCUT2D eigenvalue weighted by Gasteiger charge is 2.23. The molecule has 1 heterocycles. The van der Waals surface area contributed by atoms with E-state index < -0.39 is 0 Å². The second kappa shape index (κ2) is 9.06. The van der Waals surface area contributed by atoms with Crippen LogP contribution in [0.3, 0.4) is 0 Å². The van der Waals surface area contributed by atoms with E-state index in [0.29, 0.717) is 6.54 Å². The van der Waals surface area contributed by atoms with Gasteiger partial charge in [-0.2, -0.15) is 0 Å². The molecular formula is C22H28FN3O2. The zero-order valence-electron chi connectivity index (χ0n) is 16.8. The number of halogens is 1. The number of rotatable bonds is 6. The van der Waals surface area contributed by atoms with Crippen molar-refractivity contribution in [2.24, 2.45) is 0 Å². The summed E-state index contributed by atoms with van der Waals surface area (Å²) in [5, 5.41) is 0. The molecule has 0 aliphatic carbocycles. The molecule has 3 rings (SSSR count). The van der Waals surface area contributed by atoms with Gasteiger partial charge in [0.25, 0.3) is 0 Å². The van der Waals surface area contributed by atoms with Crippen molar-refractivity contribution in [2.45, 2.75) is 13.0 Å². The maximum absolute atomic E-state index is 13.1. The number of methoxy groups -OCH3 is 1. The Morgan fingerprint density at radius 2 is 1.82 bits per heavy atom. The molecule has 5 nitrogen and oxygen atoms in total. The fraction of sp³-hybridized carbons (Fsp3) is 0.409. The summed E-state index contributed by atoms with van der Waals surface area (Å²) in [6, 6.07) is 14.3. The number of ether oxygens (including phenoxy) is 1. The second-order valence-corrected chi connectivity index (χ2v) is 7.20. The van der Waals surface area contributed by atoms with Gasteiger partial charge in [0, 0.05) is 45.0 Å². The van der Waals surface area contributed by atoms with Crippen LogP contribution in [-0.2, 0) is 4.79 Å². The van der Waals surface area contributed by atoms with Gasteiger partial charge < -0.3 is 14.5 Å². The number of nitrogens with zero attached hydrogens (tertiary/aromatic N) is 3. The van der Waals surface area contributed by atoms with Gasteiger partial charge in [-0.3, -0.25) is 9.69 Å². The summed E-state index contributed by atoms with van der Waals surface area (Å²) in [5.41, 5.74) is 2.08. The van der Waals surface area contributed by atoms with Crippen molar-refractivity contribution < 1.29 is 13.9 Å². The normalized spacial score (nSPS) is 15.9. The summed E-state index contributed by atoms with van der Waals surface area (Å²) in [5.74, 6) is 0.664. The average Bonchev–Trinajstić information content (AvgIpc) is 2.73. The van der Waals surface area contributed by atoms with Crippen molar-refractivity contribution in [3.05, 3.63) is 59.9 Å². The maximum Gasteiger partial charge on any atom is 0.236 e. The first kappa shape index (κ1) is 20.1. The topological polar surface area (TPSA) is 36.0 Å². The molecule has 0 saturated carbocycles. The minimum Gasteiger partial charge on any atom is -0.497 e. The Balaban J connectivity index is 1.52. The van der Waals surface area contributed by atoms with Crippen LogP contribution in [0.1, 0.15) is 18.5 Å². The van der Waals surface area contributed by atoms with E-state index in [2.05, 4.69) is 15.9 Å². The Bertz CT molecular complexity index is 789. The van der Waals surface area contributed by atoms with Gasteiger partial charge in [-0.1, -0.05) is 18.2 Å². The Morgan fingerprint density at radius 1 is 1.14 bits per heavy atom. The van der Waals surface area contributed by atoms with Gasteiger partial charge in [0.2, 0.25) is 5.91 Å². The van der Waals surface area contributed by atoms with E-state index >= 15 is 0 Å². The molecule has 6 heteroatoms. The number of hydrogen-bond acceptors (Lipinski definition) is 4. The average molecular weight is 385 g/mol. The number of hydrogen-bond donors (Lipinski definition) is 0. The number of benzene rings is 2. The van der Waals surface area contributed by atoms with Crippen LogP contribution < -0.4 is 9.64 Å². The third-order valence-electron chi connectivity index (χ3n) is 5.48. The van der Waals surface area contributed by atoms with Crippen LogP contribution in [0, 0.1) is 5.82 Å². The SMILES string of the molecule is COc1cccc(N2CCN(CC(=O)N(C)C(C)c3ccc(F)cc3)CC2)c1. The number of carbonyl (C=O) groups is 1. The van der Waals surface area contributed by atoms with Gasteiger partial charge in [0.05, 0.1) is 19.7 Å². The van der Waals surface area contributed by atoms with E-state index in [1.54, 1.807) is 24.1 Å². The predicted octanol–water partition coefficient (Wildman–Crippen LogP) is 3.18. The lowest BCUT2D eigenvalue weighted by molar-refractivity contribution is -0.133. The Kier molecular flexibility index (Phi) is 6.52. The first-order valence-electron chi connectivity index (χ1n) is 9.60. The molecule has 1 fully saturated rings. The smallest absolute Gasteiger partial charge is 0.236 e. The number of anilines is 1. The van der Waals surface area contributed by atoms with Crippen molar-refractivity contribution in [2.75, 3.05) is 51.8 Å². The van der Waals surface area contributed by atoms with E-state index in [9.17, 15) is 9.18 Å². The standard InChI is InChI=1S/C22H28FN3O2/c1-17(18-7-9-19(23)10-8-18)24(2)22(27)16-25-11-13-26(14-12-25)20-5-4-6-21(15-20)28-3/h4-10,15,17H,11-14,16H2,1-3H3. The highest BCUT2D eigenvalue weighted by Crippen LogP contribution is 2.23. The van der Waals surface area contributed by atoms with Crippen molar-refractivity contribution in [3.63, 3.8) is 0 Å². The summed E-state index contributed by atoms with van der Waals surface area (Å²) in [4.78, 5) is 18.9. The van der Waals surface area contributed by atoms with Crippen LogP contribution in [0.2, 0.25) is 0 Å².